The van der Waals surface area contributed by atoms with Gasteiger partial charge in [0.25, 0.3) is 0 Å². The van der Waals surface area contributed by atoms with E-state index in [1.165, 1.54) is 6.07 Å². The van der Waals surface area contributed by atoms with E-state index in [9.17, 15) is 9.18 Å². The zero-order chi connectivity index (χ0) is 14.5. The number of Topliss-reactive ketones (excluding diaryl/α,β-unsaturated/α-hetero) is 1. The Labute approximate surface area is 129 Å². The Morgan fingerprint density at radius 1 is 1.25 bits per heavy atom. The van der Waals surface area contributed by atoms with Crippen LogP contribution in [0, 0.1) is 5.82 Å². The summed E-state index contributed by atoms with van der Waals surface area (Å²) in [6.45, 7) is -0.0463. The minimum atomic E-state index is -0.351. The minimum Gasteiger partial charge on any atom is -0.486 e. The number of carbonyl (C=O) groups excluding carboxylic acids is 1. The van der Waals surface area contributed by atoms with Gasteiger partial charge in [0, 0.05) is 11.4 Å². The molecule has 0 bridgehead atoms. The van der Waals surface area contributed by atoms with Crippen molar-refractivity contribution in [3.05, 3.63) is 63.3 Å². The van der Waals surface area contributed by atoms with E-state index in [0.717, 1.165) is 5.56 Å². The van der Waals surface area contributed by atoms with Crippen LogP contribution in [-0.2, 0) is 11.2 Å². The Bertz CT molecular complexity index is 631. The molecule has 5 heteroatoms. The molecule has 2 aromatic carbocycles. The highest BCUT2D eigenvalue weighted by atomic mass is 79.9. The van der Waals surface area contributed by atoms with Gasteiger partial charge in [0.1, 0.15) is 18.2 Å². The van der Waals surface area contributed by atoms with Crippen molar-refractivity contribution in [3.63, 3.8) is 0 Å². The summed E-state index contributed by atoms with van der Waals surface area (Å²) in [5.41, 5.74) is 0.734. The summed E-state index contributed by atoms with van der Waals surface area (Å²) >= 11 is 8.90. The molecule has 0 saturated carbocycles. The van der Waals surface area contributed by atoms with Crippen LogP contribution in [0.4, 0.5) is 4.39 Å². The van der Waals surface area contributed by atoms with E-state index in [0.29, 0.717) is 15.2 Å². The molecule has 0 aliphatic carbocycles. The predicted molar refractivity (Wildman–Crippen MR) is 79.8 cm³/mol. The van der Waals surface area contributed by atoms with E-state index >= 15 is 0 Å². The summed E-state index contributed by atoms with van der Waals surface area (Å²) in [6, 6.07) is 11.3. The number of halogens is 3. The van der Waals surface area contributed by atoms with E-state index in [1.807, 2.05) is 0 Å². The number of carbonyl (C=O) groups is 1. The summed E-state index contributed by atoms with van der Waals surface area (Å²) in [4.78, 5) is 11.8. The summed E-state index contributed by atoms with van der Waals surface area (Å²) in [5, 5.41) is 0.553. The first kappa shape index (κ1) is 15.0. The van der Waals surface area contributed by atoms with Crippen molar-refractivity contribution >= 4 is 33.3 Å². The highest BCUT2D eigenvalue weighted by Crippen LogP contribution is 2.18. The molecule has 20 heavy (non-hydrogen) atoms. The molecule has 0 heterocycles. The molecule has 2 nitrogen and oxygen atoms in total. The number of hydrogen-bond acceptors (Lipinski definition) is 2. The first-order chi connectivity index (χ1) is 9.54. The standard InChI is InChI=1S/C15H11BrClFO2/c16-14-7-10(4-5-15(14)18)6-12(19)9-20-13-3-1-2-11(17)8-13/h1-5,7-8H,6,9H2. The first-order valence-corrected chi connectivity index (χ1v) is 7.05. The molecule has 0 radical (unpaired) electrons. The summed E-state index contributed by atoms with van der Waals surface area (Å²) in [6.07, 6.45) is 0.194. The SMILES string of the molecule is O=C(COc1cccc(Cl)c1)Cc1ccc(F)c(Br)c1. The van der Waals surface area contributed by atoms with Crippen LogP contribution < -0.4 is 4.74 Å². The lowest BCUT2D eigenvalue weighted by Crippen LogP contribution is -2.13. The molecule has 0 unspecified atom stereocenters. The molecule has 0 N–H and O–H groups in total. The van der Waals surface area contributed by atoms with Gasteiger partial charge in [-0.15, -0.1) is 0 Å². The van der Waals surface area contributed by atoms with Gasteiger partial charge in [-0.3, -0.25) is 4.79 Å². The van der Waals surface area contributed by atoms with Crippen LogP contribution in [0.1, 0.15) is 5.56 Å². The van der Waals surface area contributed by atoms with Crippen molar-refractivity contribution < 1.29 is 13.9 Å². The topological polar surface area (TPSA) is 26.3 Å². The van der Waals surface area contributed by atoms with Gasteiger partial charge in [0.2, 0.25) is 0 Å². The second kappa shape index (κ2) is 6.86. The third-order valence-corrected chi connectivity index (χ3v) is 3.42. The van der Waals surface area contributed by atoms with E-state index in [-0.39, 0.29) is 24.6 Å². The van der Waals surface area contributed by atoms with E-state index in [2.05, 4.69) is 15.9 Å². The summed E-state index contributed by atoms with van der Waals surface area (Å²) < 4.78 is 18.8. The average molecular weight is 358 g/mol. The van der Waals surface area contributed by atoms with Gasteiger partial charge in [-0.2, -0.15) is 0 Å². The maximum atomic E-state index is 13.1. The normalized spacial score (nSPS) is 10.3. The molecule has 0 saturated heterocycles. The zero-order valence-electron chi connectivity index (χ0n) is 10.4. The van der Waals surface area contributed by atoms with Crippen molar-refractivity contribution in [3.8, 4) is 5.75 Å². The van der Waals surface area contributed by atoms with Crippen molar-refractivity contribution in [2.24, 2.45) is 0 Å². The summed E-state index contributed by atoms with van der Waals surface area (Å²) in [7, 11) is 0. The van der Waals surface area contributed by atoms with Crippen molar-refractivity contribution in [1.29, 1.82) is 0 Å². The number of ketones is 1. The van der Waals surface area contributed by atoms with Gasteiger partial charge >= 0.3 is 0 Å². The van der Waals surface area contributed by atoms with Gasteiger partial charge in [-0.05, 0) is 51.8 Å². The fraction of sp³-hybridized carbons (Fsp3) is 0.133. The Balaban J connectivity index is 1.91. The third-order valence-electron chi connectivity index (χ3n) is 2.58. The van der Waals surface area contributed by atoms with Crippen LogP contribution in [0.25, 0.3) is 0 Å². The second-order valence-electron chi connectivity index (χ2n) is 4.21. The molecule has 104 valence electrons. The Hall–Kier alpha value is -1.39. The fourth-order valence-electron chi connectivity index (χ4n) is 1.65. The van der Waals surface area contributed by atoms with Gasteiger partial charge in [-0.25, -0.2) is 4.39 Å². The molecule has 2 rings (SSSR count). The molecule has 0 fully saturated rings. The monoisotopic (exact) mass is 356 g/mol. The fourth-order valence-corrected chi connectivity index (χ4v) is 2.26. The highest BCUT2D eigenvalue weighted by molar-refractivity contribution is 9.10. The molecule has 0 atom stereocenters. The van der Waals surface area contributed by atoms with Gasteiger partial charge in [0.05, 0.1) is 4.47 Å². The number of benzene rings is 2. The maximum Gasteiger partial charge on any atom is 0.174 e. The minimum absolute atomic E-state index is 0.0463. The predicted octanol–water partition coefficient (Wildman–Crippen LogP) is 4.43. The number of hydrogen-bond donors (Lipinski definition) is 0. The van der Waals surface area contributed by atoms with Crippen molar-refractivity contribution in [1.82, 2.24) is 0 Å². The van der Waals surface area contributed by atoms with E-state index in [1.54, 1.807) is 36.4 Å². The quantitative estimate of drug-likeness (QED) is 0.791. The number of ether oxygens (including phenoxy) is 1. The molecule has 0 aliphatic rings. The molecular formula is C15H11BrClFO2. The van der Waals surface area contributed by atoms with Crippen LogP contribution in [0.3, 0.4) is 0 Å². The zero-order valence-corrected chi connectivity index (χ0v) is 12.7. The van der Waals surface area contributed by atoms with Crippen LogP contribution in [0.2, 0.25) is 5.02 Å². The van der Waals surface area contributed by atoms with Gasteiger partial charge < -0.3 is 4.74 Å². The molecule has 0 spiro atoms. The smallest absolute Gasteiger partial charge is 0.174 e. The molecular weight excluding hydrogens is 347 g/mol. The van der Waals surface area contributed by atoms with Gasteiger partial charge in [-0.1, -0.05) is 23.7 Å². The lowest BCUT2D eigenvalue weighted by molar-refractivity contribution is -0.120. The maximum absolute atomic E-state index is 13.1. The average Bonchev–Trinajstić information content (AvgIpc) is 2.41. The Morgan fingerprint density at radius 2 is 2.05 bits per heavy atom. The number of rotatable bonds is 5. The summed E-state index contributed by atoms with van der Waals surface area (Å²) in [5.74, 6) is 0.103. The Kier molecular flexibility index (Phi) is 5.15. The lowest BCUT2D eigenvalue weighted by Gasteiger charge is -2.06. The molecule has 0 amide bonds. The van der Waals surface area contributed by atoms with Crippen LogP contribution in [-0.4, -0.2) is 12.4 Å². The van der Waals surface area contributed by atoms with E-state index in [4.69, 9.17) is 16.3 Å². The van der Waals surface area contributed by atoms with Gasteiger partial charge in [0.15, 0.2) is 5.78 Å². The highest BCUT2D eigenvalue weighted by Gasteiger charge is 2.07. The van der Waals surface area contributed by atoms with Crippen LogP contribution >= 0.6 is 27.5 Å². The Morgan fingerprint density at radius 3 is 2.75 bits per heavy atom. The first-order valence-electron chi connectivity index (χ1n) is 5.88. The van der Waals surface area contributed by atoms with Crippen molar-refractivity contribution in [2.45, 2.75) is 6.42 Å². The molecule has 0 aromatic heterocycles. The van der Waals surface area contributed by atoms with Crippen LogP contribution in [0.5, 0.6) is 5.75 Å². The third kappa shape index (κ3) is 4.32. The van der Waals surface area contributed by atoms with E-state index < -0.39 is 0 Å². The van der Waals surface area contributed by atoms with Crippen molar-refractivity contribution in [2.75, 3.05) is 6.61 Å². The lowest BCUT2D eigenvalue weighted by atomic mass is 10.1. The molecule has 0 aliphatic heterocycles. The molecule has 2 aromatic rings. The van der Waals surface area contributed by atoms with Crippen LogP contribution in [0.15, 0.2) is 46.9 Å². The second-order valence-corrected chi connectivity index (χ2v) is 5.50. The largest absolute Gasteiger partial charge is 0.486 e.